The molecule has 0 bridgehead atoms. The van der Waals surface area contributed by atoms with Gasteiger partial charge in [0.2, 0.25) is 5.91 Å². The van der Waals surface area contributed by atoms with Crippen LogP contribution in [0, 0.1) is 0 Å². The van der Waals surface area contributed by atoms with E-state index in [0.29, 0.717) is 49.1 Å². The van der Waals surface area contributed by atoms with Crippen LogP contribution in [0.2, 0.25) is 0 Å². The normalized spacial score (nSPS) is 10.2. The van der Waals surface area contributed by atoms with Gasteiger partial charge in [0.15, 0.2) is 0 Å². The molecule has 0 unspecified atom stereocenters. The average Bonchev–Trinajstić information content (AvgIpc) is 2.71. The van der Waals surface area contributed by atoms with E-state index in [2.05, 4.69) is 20.9 Å². The van der Waals surface area contributed by atoms with Crippen LogP contribution in [-0.2, 0) is 9.53 Å². The van der Waals surface area contributed by atoms with E-state index in [1.807, 2.05) is 24.3 Å². The highest BCUT2D eigenvalue weighted by Gasteiger charge is 2.15. The number of hydrogen-bond acceptors (Lipinski definition) is 6. The molecule has 0 saturated heterocycles. The third-order valence-corrected chi connectivity index (χ3v) is 3.91. The molecule has 0 atom stereocenters. The van der Waals surface area contributed by atoms with E-state index < -0.39 is 0 Å². The molecule has 1 aromatic carbocycles. The molecule has 1 aromatic heterocycles. The maximum Gasteiger partial charge on any atom is 0.255 e. The molecule has 2 rings (SSSR count). The molecule has 0 aliphatic rings. The van der Waals surface area contributed by atoms with Crippen LogP contribution in [0.5, 0.6) is 5.75 Å². The summed E-state index contributed by atoms with van der Waals surface area (Å²) >= 11 is 0. The van der Waals surface area contributed by atoms with Gasteiger partial charge in [0.05, 0.1) is 25.0 Å². The number of para-hydroxylation sites is 1. The number of pyridine rings is 1. The van der Waals surface area contributed by atoms with E-state index >= 15 is 0 Å². The number of methoxy groups -OCH3 is 2. The van der Waals surface area contributed by atoms with Crippen LogP contribution in [0.15, 0.2) is 36.4 Å². The molecule has 0 spiro atoms. The first kappa shape index (κ1) is 21.2. The van der Waals surface area contributed by atoms with Gasteiger partial charge in [-0.1, -0.05) is 12.1 Å². The standard InChI is InChI=1S/C20H26N4O4/c1-14(25)21-10-11-23-20(26)16-8-9-17(24-19(16)22-12-13-27-2)15-6-4-5-7-18(15)28-3/h4-9H,10-13H2,1-3H3,(H,21,25)(H,22,24)(H,23,26). The Morgan fingerprint density at radius 2 is 1.75 bits per heavy atom. The minimum absolute atomic E-state index is 0.140. The molecule has 1 heterocycles. The molecule has 2 aromatic rings. The van der Waals surface area contributed by atoms with Gasteiger partial charge < -0.3 is 25.4 Å². The monoisotopic (exact) mass is 386 g/mol. The van der Waals surface area contributed by atoms with Crippen LogP contribution in [-0.4, -0.2) is 57.3 Å². The predicted octanol–water partition coefficient (Wildman–Crippen LogP) is 1.68. The summed E-state index contributed by atoms with van der Waals surface area (Å²) in [5.74, 6) is 0.742. The smallest absolute Gasteiger partial charge is 0.255 e. The highest BCUT2D eigenvalue weighted by molar-refractivity contribution is 5.99. The third kappa shape index (κ3) is 5.95. The Morgan fingerprint density at radius 1 is 1.00 bits per heavy atom. The van der Waals surface area contributed by atoms with Crippen molar-refractivity contribution in [3.63, 3.8) is 0 Å². The van der Waals surface area contributed by atoms with Crippen LogP contribution in [0.1, 0.15) is 17.3 Å². The second-order valence-electron chi connectivity index (χ2n) is 5.95. The highest BCUT2D eigenvalue weighted by Crippen LogP contribution is 2.29. The number of ether oxygens (including phenoxy) is 2. The molecule has 0 aliphatic heterocycles. The fourth-order valence-corrected chi connectivity index (χ4v) is 2.56. The lowest BCUT2D eigenvalue weighted by Crippen LogP contribution is -2.34. The maximum atomic E-state index is 12.6. The van der Waals surface area contributed by atoms with Crippen molar-refractivity contribution in [2.24, 2.45) is 0 Å². The number of nitrogens with one attached hydrogen (secondary N) is 3. The van der Waals surface area contributed by atoms with Crippen molar-refractivity contribution in [1.29, 1.82) is 0 Å². The SMILES string of the molecule is COCCNc1nc(-c2ccccc2OC)ccc1C(=O)NCCNC(C)=O. The molecule has 28 heavy (non-hydrogen) atoms. The molecule has 2 amide bonds. The van der Waals surface area contributed by atoms with E-state index in [1.165, 1.54) is 6.92 Å². The zero-order valence-corrected chi connectivity index (χ0v) is 16.4. The Morgan fingerprint density at radius 3 is 2.46 bits per heavy atom. The first-order valence-corrected chi connectivity index (χ1v) is 8.96. The van der Waals surface area contributed by atoms with E-state index in [-0.39, 0.29) is 11.8 Å². The molecular formula is C20H26N4O4. The number of amides is 2. The maximum absolute atomic E-state index is 12.6. The topological polar surface area (TPSA) is 102 Å². The Hall–Kier alpha value is -3.13. The lowest BCUT2D eigenvalue weighted by molar-refractivity contribution is -0.118. The summed E-state index contributed by atoms with van der Waals surface area (Å²) in [4.78, 5) is 28.1. The highest BCUT2D eigenvalue weighted by atomic mass is 16.5. The Labute approximate surface area is 164 Å². The fraction of sp³-hybridized carbons (Fsp3) is 0.350. The van der Waals surface area contributed by atoms with E-state index in [9.17, 15) is 9.59 Å². The van der Waals surface area contributed by atoms with Crippen molar-refractivity contribution in [2.75, 3.05) is 45.8 Å². The zero-order valence-electron chi connectivity index (χ0n) is 16.4. The molecule has 0 saturated carbocycles. The molecular weight excluding hydrogens is 360 g/mol. The summed E-state index contributed by atoms with van der Waals surface area (Å²) in [5.41, 5.74) is 1.93. The molecule has 0 radical (unpaired) electrons. The number of carbonyl (C=O) groups is 2. The molecule has 3 N–H and O–H groups in total. The van der Waals surface area contributed by atoms with Crippen molar-refractivity contribution in [2.45, 2.75) is 6.92 Å². The van der Waals surface area contributed by atoms with Gasteiger partial charge in [-0.05, 0) is 24.3 Å². The van der Waals surface area contributed by atoms with Crippen LogP contribution in [0.25, 0.3) is 11.3 Å². The first-order chi connectivity index (χ1) is 13.6. The average molecular weight is 386 g/mol. The van der Waals surface area contributed by atoms with E-state index in [0.717, 1.165) is 5.56 Å². The second kappa shape index (κ2) is 10.9. The number of aromatic nitrogens is 1. The summed E-state index contributed by atoms with van der Waals surface area (Å²) in [7, 11) is 3.21. The minimum atomic E-state index is -0.274. The second-order valence-corrected chi connectivity index (χ2v) is 5.95. The lowest BCUT2D eigenvalue weighted by atomic mass is 10.1. The third-order valence-electron chi connectivity index (χ3n) is 3.91. The van der Waals surface area contributed by atoms with Gasteiger partial charge in [-0.25, -0.2) is 4.98 Å². The van der Waals surface area contributed by atoms with Gasteiger partial charge >= 0.3 is 0 Å². The summed E-state index contributed by atoms with van der Waals surface area (Å²) in [6.45, 7) is 3.10. The first-order valence-electron chi connectivity index (χ1n) is 8.96. The van der Waals surface area contributed by atoms with E-state index in [4.69, 9.17) is 9.47 Å². The summed E-state index contributed by atoms with van der Waals surface area (Å²) < 4.78 is 10.5. The van der Waals surface area contributed by atoms with Gasteiger partial charge in [-0.2, -0.15) is 0 Å². The predicted molar refractivity (Wildman–Crippen MR) is 108 cm³/mol. The molecule has 8 heteroatoms. The van der Waals surface area contributed by atoms with Crippen molar-refractivity contribution in [3.8, 4) is 17.0 Å². The molecule has 150 valence electrons. The summed E-state index contributed by atoms with van der Waals surface area (Å²) in [6.07, 6.45) is 0. The van der Waals surface area contributed by atoms with Crippen molar-refractivity contribution in [1.82, 2.24) is 15.6 Å². The molecule has 8 nitrogen and oxygen atoms in total. The summed E-state index contributed by atoms with van der Waals surface area (Å²) in [6, 6.07) is 11.1. The van der Waals surface area contributed by atoms with Crippen molar-refractivity contribution >= 4 is 17.6 Å². The number of rotatable bonds is 10. The molecule has 0 aliphatic carbocycles. The van der Waals surface area contributed by atoms with Crippen molar-refractivity contribution in [3.05, 3.63) is 42.0 Å². The Balaban J connectivity index is 2.24. The fourth-order valence-electron chi connectivity index (χ4n) is 2.56. The minimum Gasteiger partial charge on any atom is -0.496 e. The van der Waals surface area contributed by atoms with Gasteiger partial charge in [0.1, 0.15) is 11.6 Å². The van der Waals surface area contributed by atoms with Gasteiger partial charge in [0.25, 0.3) is 5.91 Å². The number of anilines is 1. The van der Waals surface area contributed by atoms with Crippen LogP contribution >= 0.6 is 0 Å². The van der Waals surface area contributed by atoms with Crippen LogP contribution in [0.3, 0.4) is 0 Å². The number of benzene rings is 1. The van der Waals surface area contributed by atoms with Crippen LogP contribution < -0.4 is 20.7 Å². The van der Waals surface area contributed by atoms with E-state index in [1.54, 1.807) is 26.4 Å². The quantitative estimate of drug-likeness (QED) is 0.537. The Kier molecular flexibility index (Phi) is 8.23. The molecule has 0 fully saturated rings. The van der Waals surface area contributed by atoms with Crippen molar-refractivity contribution < 1.29 is 19.1 Å². The van der Waals surface area contributed by atoms with Crippen LogP contribution in [0.4, 0.5) is 5.82 Å². The number of nitrogens with zero attached hydrogens (tertiary/aromatic N) is 1. The summed E-state index contributed by atoms with van der Waals surface area (Å²) in [5, 5.41) is 8.56. The Bertz CT molecular complexity index is 811. The van der Waals surface area contributed by atoms with Gasteiger partial charge in [-0.3, -0.25) is 9.59 Å². The van der Waals surface area contributed by atoms with Gasteiger partial charge in [0, 0.05) is 39.2 Å². The zero-order chi connectivity index (χ0) is 20.4. The number of carbonyl (C=O) groups excluding carboxylic acids is 2. The lowest BCUT2D eigenvalue weighted by Gasteiger charge is -2.14. The van der Waals surface area contributed by atoms with Gasteiger partial charge in [-0.15, -0.1) is 0 Å². The number of hydrogen-bond donors (Lipinski definition) is 3. The largest absolute Gasteiger partial charge is 0.496 e.